The molecule has 1 aromatic rings. The number of halogens is 2. The van der Waals surface area contributed by atoms with E-state index in [1.807, 2.05) is 0 Å². The molecule has 84 valence electrons. The van der Waals surface area contributed by atoms with Crippen LogP contribution in [0.15, 0.2) is 16.6 Å². The Bertz CT molecular complexity index is 487. The Balaban J connectivity index is 2.52. The molecule has 0 unspecified atom stereocenters. The zero-order chi connectivity index (χ0) is 11.9. The molecule has 0 N–H and O–H groups in total. The van der Waals surface area contributed by atoms with Crippen molar-refractivity contribution in [3.63, 3.8) is 0 Å². The zero-order valence-corrected chi connectivity index (χ0v) is 10.9. The van der Waals surface area contributed by atoms with Gasteiger partial charge in [0.2, 0.25) is 5.91 Å². The van der Waals surface area contributed by atoms with Crippen molar-refractivity contribution >= 4 is 44.9 Å². The maximum atomic E-state index is 11.5. The maximum absolute atomic E-state index is 11.5. The van der Waals surface area contributed by atoms with Gasteiger partial charge >= 0.3 is 0 Å². The minimum absolute atomic E-state index is 0.0392. The molecular formula is C11H9BrClNO2. The Hall–Kier alpha value is -0.870. The molecule has 1 amide bonds. The standard InChI is InChI=1S/C11H9BrClNO2/c1-14-9-4-8(12)7(10(15)5-13)2-6(9)3-11(14)16/h2,4H,3,5H2,1H3. The molecule has 0 radical (unpaired) electrons. The van der Waals surface area contributed by atoms with Crippen LogP contribution in [0.4, 0.5) is 5.69 Å². The quantitative estimate of drug-likeness (QED) is 0.621. The van der Waals surface area contributed by atoms with Crippen LogP contribution in [-0.4, -0.2) is 24.6 Å². The van der Waals surface area contributed by atoms with Crippen molar-refractivity contribution in [2.24, 2.45) is 0 Å². The summed E-state index contributed by atoms with van der Waals surface area (Å²) in [5, 5.41) is 0. The van der Waals surface area contributed by atoms with Crippen molar-refractivity contribution < 1.29 is 9.59 Å². The van der Waals surface area contributed by atoms with Crippen LogP contribution < -0.4 is 4.90 Å². The van der Waals surface area contributed by atoms with Gasteiger partial charge in [-0.15, -0.1) is 11.6 Å². The molecule has 1 heterocycles. The number of Topliss-reactive ketones (excluding diaryl/α,β-unsaturated/α-hetero) is 1. The first kappa shape index (κ1) is 11.6. The number of ketones is 1. The number of benzene rings is 1. The van der Waals surface area contributed by atoms with E-state index in [4.69, 9.17) is 11.6 Å². The molecule has 5 heteroatoms. The number of anilines is 1. The number of amides is 1. The number of nitrogens with zero attached hydrogens (tertiary/aromatic N) is 1. The summed E-state index contributed by atoms with van der Waals surface area (Å²) in [7, 11) is 1.73. The van der Waals surface area contributed by atoms with E-state index in [1.165, 1.54) is 0 Å². The van der Waals surface area contributed by atoms with Gasteiger partial charge in [0.25, 0.3) is 0 Å². The van der Waals surface area contributed by atoms with E-state index in [-0.39, 0.29) is 17.6 Å². The monoisotopic (exact) mass is 301 g/mol. The van der Waals surface area contributed by atoms with Gasteiger partial charge in [0.05, 0.1) is 12.3 Å². The van der Waals surface area contributed by atoms with Crippen LogP contribution in [0.3, 0.4) is 0 Å². The first-order chi connectivity index (χ1) is 7.54. The highest BCUT2D eigenvalue weighted by atomic mass is 79.9. The molecule has 0 spiro atoms. The van der Waals surface area contributed by atoms with Gasteiger partial charge in [0, 0.05) is 22.8 Å². The fourth-order valence-corrected chi connectivity index (χ4v) is 2.46. The Kier molecular flexibility index (Phi) is 3.04. The number of fused-ring (bicyclic) bond motifs is 1. The summed E-state index contributed by atoms with van der Waals surface area (Å²) in [6.07, 6.45) is 0.349. The van der Waals surface area contributed by atoms with Crippen LogP contribution >= 0.6 is 27.5 Å². The van der Waals surface area contributed by atoms with Crippen LogP contribution in [0, 0.1) is 0 Å². The highest BCUT2D eigenvalue weighted by Crippen LogP contribution is 2.33. The molecule has 0 saturated heterocycles. The summed E-state index contributed by atoms with van der Waals surface area (Å²) in [5.74, 6) is -0.156. The third-order valence-corrected chi connectivity index (χ3v) is 3.57. The van der Waals surface area contributed by atoms with E-state index >= 15 is 0 Å². The molecule has 0 saturated carbocycles. The van der Waals surface area contributed by atoms with Gasteiger partial charge in [-0.2, -0.15) is 0 Å². The van der Waals surface area contributed by atoms with Crippen LogP contribution in [0.25, 0.3) is 0 Å². The summed E-state index contributed by atoms with van der Waals surface area (Å²) in [6.45, 7) is 0. The van der Waals surface area contributed by atoms with Gasteiger partial charge in [-0.25, -0.2) is 0 Å². The van der Waals surface area contributed by atoms with Crippen LogP contribution in [0.1, 0.15) is 15.9 Å². The summed E-state index contributed by atoms with van der Waals surface area (Å²) < 4.78 is 0.679. The summed E-state index contributed by atoms with van der Waals surface area (Å²) in [5.41, 5.74) is 2.27. The average Bonchev–Trinajstić information content (AvgIpc) is 2.53. The molecule has 0 atom stereocenters. The van der Waals surface area contributed by atoms with Gasteiger partial charge in [0.1, 0.15) is 0 Å². The molecule has 0 aliphatic carbocycles. The fourth-order valence-electron chi connectivity index (χ4n) is 1.76. The van der Waals surface area contributed by atoms with Gasteiger partial charge in [-0.3, -0.25) is 9.59 Å². The third kappa shape index (κ3) is 1.76. The number of hydrogen-bond acceptors (Lipinski definition) is 2. The molecule has 0 aromatic heterocycles. The predicted molar refractivity (Wildman–Crippen MR) is 66.3 cm³/mol. The second kappa shape index (κ2) is 4.18. The number of rotatable bonds is 2. The largest absolute Gasteiger partial charge is 0.315 e. The highest BCUT2D eigenvalue weighted by molar-refractivity contribution is 9.10. The number of hydrogen-bond donors (Lipinski definition) is 0. The van der Waals surface area contributed by atoms with E-state index in [2.05, 4.69) is 15.9 Å². The van der Waals surface area contributed by atoms with Gasteiger partial charge in [-0.05, 0) is 33.6 Å². The lowest BCUT2D eigenvalue weighted by Crippen LogP contribution is -2.20. The van der Waals surface area contributed by atoms with Crippen LogP contribution in [-0.2, 0) is 11.2 Å². The van der Waals surface area contributed by atoms with E-state index in [0.29, 0.717) is 16.5 Å². The van der Waals surface area contributed by atoms with E-state index in [0.717, 1.165) is 11.3 Å². The lowest BCUT2D eigenvalue weighted by molar-refractivity contribution is -0.117. The normalized spacial score (nSPS) is 14.2. The topological polar surface area (TPSA) is 37.4 Å². The zero-order valence-electron chi connectivity index (χ0n) is 8.59. The second-order valence-electron chi connectivity index (χ2n) is 3.65. The summed E-state index contributed by atoms with van der Waals surface area (Å²) in [4.78, 5) is 24.6. The first-order valence-electron chi connectivity index (χ1n) is 4.72. The molecule has 1 aromatic carbocycles. The predicted octanol–water partition coefficient (Wildman–Crippen LogP) is 2.39. The molecule has 3 nitrogen and oxygen atoms in total. The number of likely N-dealkylation sites (N-methyl/N-ethyl adjacent to an activating group) is 1. The van der Waals surface area contributed by atoms with Crippen molar-refractivity contribution in [2.45, 2.75) is 6.42 Å². The summed E-state index contributed by atoms with van der Waals surface area (Å²) >= 11 is 8.84. The highest BCUT2D eigenvalue weighted by Gasteiger charge is 2.26. The lowest BCUT2D eigenvalue weighted by atomic mass is 10.1. The number of carbonyl (C=O) groups excluding carboxylic acids is 2. The fraction of sp³-hybridized carbons (Fsp3) is 0.273. The second-order valence-corrected chi connectivity index (χ2v) is 4.77. The van der Waals surface area contributed by atoms with E-state index in [9.17, 15) is 9.59 Å². The number of carbonyl (C=O) groups is 2. The molecular weight excluding hydrogens is 293 g/mol. The van der Waals surface area contributed by atoms with Gasteiger partial charge < -0.3 is 4.90 Å². The molecule has 1 aliphatic rings. The Morgan fingerprint density at radius 1 is 1.56 bits per heavy atom. The maximum Gasteiger partial charge on any atom is 0.231 e. The average molecular weight is 303 g/mol. The van der Waals surface area contributed by atoms with Crippen molar-refractivity contribution in [1.82, 2.24) is 0 Å². The smallest absolute Gasteiger partial charge is 0.231 e. The Morgan fingerprint density at radius 2 is 2.25 bits per heavy atom. The van der Waals surface area contributed by atoms with E-state index in [1.54, 1.807) is 24.1 Å². The third-order valence-electron chi connectivity index (χ3n) is 2.67. The van der Waals surface area contributed by atoms with Crippen molar-refractivity contribution in [3.05, 3.63) is 27.7 Å². The van der Waals surface area contributed by atoms with Crippen LogP contribution in [0.2, 0.25) is 0 Å². The molecule has 16 heavy (non-hydrogen) atoms. The molecule has 0 fully saturated rings. The minimum atomic E-state index is -0.140. The molecule has 2 rings (SSSR count). The van der Waals surface area contributed by atoms with E-state index < -0.39 is 0 Å². The first-order valence-corrected chi connectivity index (χ1v) is 6.05. The number of alkyl halides is 1. The SMILES string of the molecule is CN1C(=O)Cc2cc(C(=O)CCl)c(Br)cc21. The van der Waals surface area contributed by atoms with Crippen LogP contribution in [0.5, 0.6) is 0 Å². The lowest BCUT2D eigenvalue weighted by Gasteiger charge is -2.11. The van der Waals surface area contributed by atoms with Crippen molar-refractivity contribution in [2.75, 3.05) is 17.8 Å². The van der Waals surface area contributed by atoms with Crippen molar-refractivity contribution in [1.29, 1.82) is 0 Å². The van der Waals surface area contributed by atoms with Gasteiger partial charge in [0.15, 0.2) is 5.78 Å². The summed E-state index contributed by atoms with van der Waals surface area (Å²) in [6, 6.07) is 3.53. The molecule has 1 aliphatic heterocycles. The Labute approximate surface area is 107 Å². The Morgan fingerprint density at radius 3 is 2.88 bits per heavy atom. The van der Waals surface area contributed by atoms with Crippen molar-refractivity contribution in [3.8, 4) is 0 Å². The minimum Gasteiger partial charge on any atom is -0.315 e. The molecule has 0 bridgehead atoms. The van der Waals surface area contributed by atoms with Gasteiger partial charge in [-0.1, -0.05) is 0 Å².